The molecule has 0 saturated heterocycles. The largest absolute Gasteiger partial charge is 0.450 e. The van der Waals surface area contributed by atoms with Crippen LogP contribution in [0.3, 0.4) is 0 Å². The summed E-state index contributed by atoms with van der Waals surface area (Å²) in [4.78, 5) is 28.1. The molecule has 2 N–H and O–H groups in total. The molecular weight excluding hydrogens is 350 g/mol. The SMILES string of the molecule is CCCCOC(=O)NC(C(=O)Nc1cccc(Br)n1)C(C)C. The van der Waals surface area contributed by atoms with Crippen molar-refractivity contribution in [3.8, 4) is 0 Å². The molecule has 0 bridgehead atoms. The highest BCUT2D eigenvalue weighted by atomic mass is 79.9. The summed E-state index contributed by atoms with van der Waals surface area (Å²) in [6.45, 7) is 6.06. The van der Waals surface area contributed by atoms with Crippen LogP contribution in [0.1, 0.15) is 33.6 Å². The molecule has 122 valence electrons. The molecule has 0 aromatic carbocycles. The van der Waals surface area contributed by atoms with Crippen molar-refractivity contribution in [2.24, 2.45) is 5.92 Å². The standard InChI is InChI=1S/C15H22BrN3O3/c1-4-5-9-22-15(21)19-13(10(2)3)14(20)18-12-8-6-7-11(16)17-12/h6-8,10,13H,4-5,9H2,1-3H3,(H,19,21)(H,17,18,20). The summed E-state index contributed by atoms with van der Waals surface area (Å²) in [7, 11) is 0. The van der Waals surface area contributed by atoms with Crippen LogP contribution in [0.25, 0.3) is 0 Å². The first kappa shape index (κ1) is 18.4. The van der Waals surface area contributed by atoms with Crippen LogP contribution in [-0.4, -0.2) is 29.6 Å². The Morgan fingerprint density at radius 1 is 1.36 bits per heavy atom. The van der Waals surface area contributed by atoms with Gasteiger partial charge in [0.1, 0.15) is 16.5 Å². The smallest absolute Gasteiger partial charge is 0.407 e. The summed E-state index contributed by atoms with van der Waals surface area (Å²) in [6.07, 6.45) is 1.16. The molecule has 1 aromatic rings. The van der Waals surface area contributed by atoms with E-state index in [1.807, 2.05) is 20.8 Å². The van der Waals surface area contributed by atoms with Crippen molar-refractivity contribution >= 4 is 33.7 Å². The number of amides is 2. The van der Waals surface area contributed by atoms with E-state index in [2.05, 4.69) is 31.5 Å². The van der Waals surface area contributed by atoms with Crippen LogP contribution >= 0.6 is 15.9 Å². The molecule has 6 nitrogen and oxygen atoms in total. The van der Waals surface area contributed by atoms with Gasteiger partial charge in [0.25, 0.3) is 0 Å². The van der Waals surface area contributed by atoms with Crippen molar-refractivity contribution in [2.75, 3.05) is 11.9 Å². The van der Waals surface area contributed by atoms with Crippen LogP contribution in [0.2, 0.25) is 0 Å². The maximum atomic E-state index is 12.3. The van der Waals surface area contributed by atoms with Gasteiger partial charge in [-0.2, -0.15) is 0 Å². The first-order valence-electron chi connectivity index (χ1n) is 7.30. The Morgan fingerprint density at radius 2 is 2.09 bits per heavy atom. The van der Waals surface area contributed by atoms with Crippen molar-refractivity contribution < 1.29 is 14.3 Å². The molecule has 0 spiro atoms. The van der Waals surface area contributed by atoms with Crippen molar-refractivity contribution in [2.45, 2.75) is 39.7 Å². The number of nitrogens with one attached hydrogen (secondary N) is 2. The van der Waals surface area contributed by atoms with Crippen molar-refractivity contribution in [3.63, 3.8) is 0 Å². The number of alkyl carbamates (subject to hydrolysis) is 1. The van der Waals surface area contributed by atoms with E-state index in [1.165, 1.54) is 0 Å². The molecule has 0 aliphatic carbocycles. The maximum Gasteiger partial charge on any atom is 0.407 e. The van der Waals surface area contributed by atoms with E-state index >= 15 is 0 Å². The average Bonchev–Trinajstić information content (AvgIpc) is 2.44. The zero-order valence-corrected chi connectivity index (χ0v) is 14.6. The normalized spacial score (nSPS) is 11.9. The molecule has 0 fully saturated rings. The van der Waals surface area contributed by atoms with Gasteiger partial charge in [0, 0.05) is 0 Å². The van der Waals surface area contributed by atoms with E-state index < -0.39 is 12.1 Å². The van der Waals surface area contributed by atoms with Crippen molar-refractivity contribution in [3.05, 3.63) is 22.8 Å². The quantitative estimate of drug-likeness (QED) is 0.568. The van der Waals surface area contributed by atoms with Gasteiger partial charge >= 0.3 is 6.09 Å². The summed E-state index contributed by atoms with van der Waals surface area (Å²) in [5, 5.41) is 5.28. The van der Waals surface area contributed by atoms with Crippen LogP contribution in [-0.2, 0) is 9.53 Å². The third-order valence-electron chi connectivity index (χ3n) is 2.92. The Kier molecular flexibility index (Phi) is 7.87. The van der Waals surface area contributed by atoms with Gasteiger partial charge in [-0.25, -0.2) is 9.78 Å². The summed E-state index contributed by atoms with van der Waals surface area (Å²) in [6, 6.07) is 4.53. The van der Waals surface area contributed by atoms with Crippen LogP contribution in [0.4, 0.5) is 10.6 Å². The van der Waals surface area contributed by atoms with E-state index in [9.17, 15) is 9.59 Å². The molecule has 22 heavy (non-hydrogen) atoms. The monoisotopic (exact) mass is 371 g/mol. The fourth-order valence-electron chi connectivity index (χ4n) is 1.69. The highest BCUT2D eigenvalue weighted by Crippen LogP contribution is 2.12. The molecule has 7 heteroatoms. The molecule has 1 aromatic heterocycles. The van der Waals surface area contributed by atoms with Gasteiger partial charge in [0.2, 0.25) is 5.91 Å². The van der Waals surface area contributed by atoms with Gasteiger partial charge in [-0.05, 0) is 40.4 Å². The number of hydrogen-bond donors (Lipinski definition) is 2. The Morgan fingerprint density at radius 3 is 2.68 bits per heavy atom. The third-order valence-corrected chi connectivity index (χ3v) is 3.36. The second-order valence-electron chi connectivity index (χ2n) is 5.19. The van der Waals surface area contributed by atoms with E-state index in [-0.39, 0.29) is 11.8 Å². The fraction of sp³-hybridized carbons (Fsp3) is 0.533. The van der Waals surface area contributed by atoms with Gasteiger partial charge in [-0.3, -0.25) is 4.79 Å². The van der Waals surface area contributed by atoms with Gasteiger partial charge in [0.15, 0.2) is 0 Å². The van der Waals surface area contributed by atoms with Gasteiger partial charge in [-0.15, -0.1) is 0 Å². The van der Waals surface area contributed by atoms with E-state index in [0.717, 1.165) is 12.8 Å². The second kappa shape index (κ2) is 9.40. The summed E-state index contributed by atoms with van der Waals surface area (Å²) in [5.74, 6) is 0.0186. The van der Waals surface area contributed by atoms with E-state index in [4.69, 9.17) is 4.74 Å². The number of rotatable bonds is 7. The number of hydrogen-bond acceptors (Lipinski definition) is 4. The molecule has 2 amide bonds. The number of carbonyl (C=O) groups excluding carboxylic acids is 2. The maximum absolute atomic E-state index is 12.3. The molecule has 0 aliphatic heterocycles. The number of anilines is 1. The minimum atomic E-state index is -0.685. The lowest BCUT2D eigenvalue weighted by molar-refractivity contribution is -0.119. The first-order valence-corrected chi connectivity index (χ1v) is 8.10. The number of aromatic nitrogens is 1. The van der Waals surface area contributed by atoms with Crippen LogP contribution < -0.4 is 10.6 Å². The number of carbonyl (C=O) groups is 2. The predicted octanol–water partition coefficient (Wildman–Crippen LogP) is 3.33. The highest BCUT2D eigenvalue weighted by Gasteiger charge is 2.25. The lowest BCUT2D eigenvalue weighted by atomic mass is 10.0. The molecule has 1 atom stereocenters. The van der Waals surface area contributed by atoms with Crippen LogP contribution in [0.5, 0.6) is 0 Å². The Labute approximate surface area is 139 Å². The number of nitrogens with zero attached hydrogens (tertiary/aromatic N) is 1. The molecule has 0 radical (unpaired) electrons. The molecule has 1 heterocycles. The summed E-state index contributed by atoms with van der Waals surface area (Å²) >= 11 is 3.24. The molecule has 0 saturated carbocycles. The minimum absolute atomic E-state index is 0.0779. The third kappa shape index (κ3) is 6.43. The van der Waals surface area contributed by atoms with Crippen molar-refractivity contribution in [1.29, 1.82) is 0 Å². The Balaban J connectivity index is 2.62. The highest BCUT2D eigenvalue weighted by molar-refractivity contribution is 9.10. The van der Waals surface area contributed by atoms with Gasteiger partial charge in [0.05, 0.1) is 6.61 Å². The van der Waals surface area contributed by atoms with Crippen molar-refractivity contribution in [1.82, 2.24) is 10.3 Å². The average molecular weight is 372 g/mol. The number of pyridine rings is 1. The zero-order chi connectivity index (χ0) is 16.5. The lowest BCUT2D eigenvalue weighted by Gasteiger charge is -2.21. The second-order valence-corrected chi connectivity index (χ2v) is 6.00. The molecular formula is C15H22BrN3O3. The topological polar surface area (TPSA) is 80.3 Å². The first-order chi connectivity index (χ1) is 10.4. The number of ether oxygens (including phenoxy) is 1. The number of unbranched alkanes of at least 4 members (excludes halogenated alkanes) is 1. The fourth-order valence-corrected chi connectivity index (χ4v) is 2.04. The lowest BCUT2D eigenvalue weighted by Crippen LogP contribution is -2.47. The summed E-state index contributed by atoms with van der Waals surface area (Å²) < 4.78 is 5.65. The van der Waals surface area contributed by atoms with Gasteiger partial charge in [-0.1, -0.05) is 33.3 Å². The Hall–Kier alpha value is -1.63. The molecule has 1 rings (SSSR count). The molecule has 1 unspecified atom stereocenters. The zero-order valence-electron chi connectivity index (χ0n) is 13.1. The van der Waals surface area contributed by atoms with Gasteiger partial charge < -0.3 is 15.4 Å². The summed E-state index contributed by atoms with van der Waals surface area (Å²) in [5.41, 5.74) is 0. The number of halogens is 1. The molecule has 0 aliphatic rings. The van der Waals surface area contributed by atoms with Crippen LogP contribution in [0.15, 0.2) is 22.8 Å². The van der Waals surface area contributed by atoms with E-state index in [1.54, 1.807) is 18.2 Å². The predicted molar refractivity (Wildman–Crippen MR) is 88.6 cm³/mol. The minimum Gasteiger partial charge on any atom is -0.450 e. The van der Waals surface area contributed by atoms with Crippen LogP contribution in [0, 0.1) is 5.92 Å². The van der Waals surface area contributed by atoms with E-state index in [0.29, 0.717) is 17.0 Å². The Bertz CT molecular complexity index is 509.